The summed E-state index contributed by atoms with van der Waals surface area (Å²) in [6.45, 7) is -0.119. The molecule has 3 amide bonds. The zero-order chi connectivity index (χ0) is 22.0. The van der Waals surface area contributed by atoms with Gasteiger partial charge in [0.05, 0.1) is 6.04 Å². The first-order valence-electron chi connectivity index (χ1n) is 10.5. The van der Waals surface area contributed by atoms with Crippen LogP contribution in [0.25, 0.3) is 0 Å². The molecule has 7 nitrogen and oxygen atoms in total. The molecule has 8 heteroatoms. The van der Waals surface area contributed by atoms with Crippen LogP contribution in [0.1, 0.15) is 44.1 Å². The number of primary amides is 1. The minimum Gasteiger partial charge on any atom is -0.366 e. The Morgan fingerprint density at radius 1 is 1.19 bits per heavy atom. The van der Waals surface area contributed by atoms with E-state index in [4.69, 9.17) is 22.3 Å². The summed E-state index contributed by atoms with van der Waals surface area (Å²) < 4.78 is 0. The zero-order valence-corrected chi connectivity index (χ0v) is 17.9. The van der Waals surface area contributed by atoms with E-state index in [1.54, 1.807) is 41.3 Å². The highest BCUT2D eigenvalue weighted by Crippen LogP contribution is 2.39. The van der Waals surface area contributed by atoms with Gasteiger partial charge in [0, 0.05) is 16.2 Å². The Kier molecular flexibility index (Phi) is 5.96. The molecule has 1 aromatic carbocycles. The lowest BCUT2D eigenvalue weighted by Crippen LogP contribution is -2.53. The third kappa shape index (κ3) is 4.28. The van der Waals surface area contributed by atoms with Crippen molar-refractivity contribution in [1.82, 2.24) is 10.2 Å². The number of hydrogen-bond acceptors (Lipinski definition) is 4. The third-order valence-electron chi connectivity index (χ3n) is 6.12. The van der Waals surface area contributed by atoms with Gasteiger partial charge in [0.25, 0.3) is 5.91 Å². The molecule has 1 spiro atoms. The number of allylic oxidation sites excluding steroid dienone is 2. The summed E-state index contributed by atoms with van der Waals surface area (Å²) in [7, 11) is 0. The fourth-order valence-electron chi connectivity index (χ4n) is 4.55. The number of benzene rings is 1. The monoisotopic (exact) mass is 440 g/mol. The van der Waals surface area contributed by atoms with Crippen molar-refractivity contribution in [3.05, 3.63) is 58.7 Å². The number of halogens is 1. The highest BCUT2D eigenvalue weighted by atomic mass is 35.5. The lowest BCUT2D eigenvalue weighted by atomic mass is 9.88. The standard InChI is InChI=1S/C23H25ClN4O3/c24-16-10-8-15(9-11-16)20-22(31)28(23(27-20)12-4-1-5-13-23)14-19(29)26-18-7-3-2-6-17(18)21(25)30/h2-3,6,8-11,18H,1,4-5,7,12-14H2,(H2,25,30)(H,26,29). The highest BCUT2D eigenvalue weighted by molar-refractivity contribution is 6.47. The van der Waals surface area contributed by atoms with Crippen molar-refractivity contribution in [3.8, 4) is 0 Å². The second-order valence-electron chi connectivity index (χ2n) is 8.17. The van der Waals surface area contributed by atoms with Crippen molar-refractivity contribution in [2.45, 2.75) is 50.2 Å². The molecule has 1 atom stereocenters. The Bertz CT molecular complexity index is 991. The van der Waals surface area contributed by atoms with E-state index in [1.807, 2.05) is 6.08 Å². The van der Waals surface area contributed by atoms with Crippen LogP contribution >= 0.6 is 11.6 Å². The fourth-order valence-corrected chi connectivity index (χ4v) is 4.68. The first kappa shape index (κ1) is 21.3. The number of carbonyl (C=O) groups excluding carboxylic acids is 3. The lowest BCUT2D eigenvalue weighted by Gasteiger charge is -2.39. The number of nitrogens with zero attached hydrogens (tertiary/aromatic N) is 2. The number of carbonyl (C=O) groups is 3. The maximum absolute atomic E-state index is 13.4. The number of rotatable bonds is 5. The molecular formula is C23H25ClN4O3. The van der Waals surface area contributed by atoms with Crippen LogP contribution in [0.2, 0.25) is 5.02 Å². The summed E-state index contributed by atoms with van der Waals surface area (Å²) in [5.41, 5.74) is 6.16. The average molecular weight is 441 g/mol. The number of aliphatic imine (C=N–C) groups is 1. The largest absolute Gasteiger partial charge is 0.366 e. The van der Waals surface area contributed by atoms with E-state index in [0.29, 0.717) is 28.3 Å². The van der Waals surface area contributed by atoms with Crippen LogP contribution in [0, 0.1) is 0 Å². The van der Waals surface area contributed by atoms with Gasteiger partial charge in [0.2, 0.25) is 11.8 Å². The summed E-state index contributed by atoms with van der Waals surface area (Å²) in [5, 5.41) is 3.44. The van der Waals surface area contributed by atoms with E-state index >= 15 is 0 Å². The quantitative estimate of drug-likeness (QED) is 0.734. The molecule has 4 rings (SSSR count). The van der Waals surface area contributed by atoms with Gasteiger partial charge >= 0.3 is 0 Å². The Labute approximate surface area is 186 Å². The molecule has 162 valence electrons. The molecular weight excluding hydrogens is 416 g/mol. The number of nitrogens with one attached hydrogen (secondary N) is 1. The molecule has 0 bridgehead atoms. The normalized spacial score (nSPS) is 22.3. The van der Waals surface area contributed by atoms with Gasteiger partial charge in [-0.2, -0.15) is 0 Å². The minimum atomic E-state index is -0.698. The zero-order valence-electron chi connectivity index (χ0n) is 17.1. The van der Waals surface area contributed by atoms with E-state index in [-0.39, 0.29) is 18.4 Å². The molecule has 1 aromatic rings. The van der Waals surface area contributed by atoms with Crippen LogP contribution in [0.4, 0.5) is 0 Å². The predicted octanol–water partition coefficient (Wildman–Crippen LogP) is 2.49. The second kappa shape index (κ2) is 8.67. The summed E-state index contributed by atoms with van der Waals surface area (Å²) in [6, 6.07) is 6.51. The van der Waals surface area contributed by atoms with Gasteiger partial charge in [-0.3, -0.25) is 19.4 Å². The molecule has 0 radical (unpaired) electrons. The van der Waals surface area contributed by atoms with E-state index in [0.717, 1.165) is 32.1 Å². The molecule has 0 saturated heterocycles. The Morgan fingerprint density at radius 3 is 2.58 bits per heavy atom. The van der Waals surface area contributed by atoms with Gasteiger partial charge < -0.3 is 16.0 Å². The topological polar surface area (TPSA) is 105 Å². The number of nitrogens with two attached hydrogens (primary N) is 1. The molecule has 2 aliphatic carbocycles. The molecule has 1 heterocycles. The van der Waals surface area contributed by atoms with Gasteiger partial charge in [0.1, 0.15) is 17.9 Å². The van der Waals surface area contributed by atoms with Crippen LogP contribution in [0.5, 0.6) is 0 Å². The smallest absolute Gasteiger partial charge is 0.275 e. The molecule has 1 saturated carbocycles. The van der Waals surface area contributed by atoms with Crippen molar-refractivity contribution >= 4 is 35.0 Å². The van der Waals surface area contributed by atoms with Crippen LogP contribution in [-0.2, 0) is 14.4 Å². The van der Waals surface area contributed by atoms with Gasteiger partial charge in [-0.05, 0) is 44.2 Å². The molecule has 3 aliphatic rings. The Morgan fingerprint density at radius 2 is 1.90 bits per heavy atom. The van der Waals surface area contributed by atoms with Crippen LogP contribution in [0.15, 0.2) is 53.1 Å². The summed E-state index contributed by atoms with van der Waals surface area (Å²) in [4.78, 5) is 44.4. The number of amides is 3. The maximum atomic E-state index is 13.4. The fraction of sp³-hybridized carbons (Fsp3) is 0.391. The molecule has 0 aromatic heterocycles. The van der Waals surface area contributed by atoms with Crippen LogP contribution in [0.3, 0.4) is 0 Å². The van der Waals surface area contributed by atoms with E-state index in [1.165, 1.54) is 0 Å². The molecule has 1 unspecified atom stereocenters. The summed E-state index contributed by atoms with van der Waals surface area (Å²) >= 11 is 5.99. The van der Waals surface area contributed by atoms with Gasteiger partial charge in [-0.15, -0.1) is 0 Å². The maximum Gasteiger partial charge on any atom is 0.275 e. The SMILES string of the molecule is NC(=O)C1=CC=CCC1NC(=O)CN1C(=O)C(c2ccc(Cl)cc2)=NC12CCCCC2. The first-order valence-corrected chi connectivity index (χ1v) is 10.9. The lowest BCUT2D eigenvalue weighted by molar-refractivity contribution is -0.136. The van der Waals surface area contributed by atoms with Gasteiger partial charge in [0.15, 0.2) is 0 Å². The molecule has 31 heavy (non-hydrogen) atoms. The van der Waals surface area contributed by atoms with Crippen molar-refractivity contribution in [1.29, 1.82) is 0 Å². The van der Waals surface area contributed by atoms with Crippen molar-refractivity contribution < 1.29 is 14.4 Å². The Hall–Kier alpha value is -2.93. The summed E-state index contributed by atoms with van der Waals surface area (Å²) in [6.07, 6.45) is 10.1. The van der Waals surface area contributed by atoms with Crippen LogP contribution in [-0.4, -0.2) is 46.6 Å². The highest BCUT2D eigenvalue weighted by Gasteiger charge is 2.48. The van der Waals surface area contributed by atoms with Crippen molar-refractivity contribution in [2.75, 3.05) is 6.54 Å². The second-order valence-corrected chi connectivity index (χ2v) is 8.61. The molecule has 1 fully saturated rings. The molecule has 1 aliphatic heterocycles. The number of hydrogen-bond donors (Lipinski definition) is 2. The van der Waals surface area contributed by atoms with Crippen molar-refractivity contribution in [2.24, 2.45) is 10.7 Å². The Balaban J connectivity index is 1.55. The van der Waals surface area contributed by atoms with Gasteiger partial charge in [-0.25, -0.2) is 0 Å². The van der Waals surface area contributed by atoms with Crippen molar-refractivity contribution in [3.63, 3.8) is 0 Å². The van der Waals surface area contributed by atoms with E-state index in [2.05, 4.69) is 5.32 Å². The first-order chi connectivity index (χ1) is 14.9. The van der Waals surface area contributed by atoms with E-state index in [9.17, 15) is 14.4 Å². The minimum absolute atomic E-state index is 0.119. The predicted molar refractivity (Wildman–Crippen MR) is 118 cm³/mol. The summed E-state index contributed by atoms with van der Waals surface area (Å²) in [5.74, 6) is -1.16. The van der Waals surface area contributed by atoms with E-state index < -0.39 is 17.6 Å². The van der Waals surface area contributed by atoms with Gasteiger partial charge in [-0.1, -0.05) is 48.4 Å². The third-order valence-corrected chi connectivity index (χ3v) is 6.37. The molecule has 3 N–H and O–H groups in total. The average Bonchev–Trinajstić information content (AvgIpc) is 3.01. The van der Waals surface area contributed by atoms with Crippen LogP contribution < -0.4 is 11.1 Å².